The number of hydrogen-bond acceptors (Lipinski definition) is 5. The van der Waals surface area contributed by atoms with E-state index in [4.69, 9.17) is 9.57 Å². The van der Waals surface area contributed by atoms with Gasteiger partial charge in [-0.25, -0.2) is 0 Å². The van der Waals surface area contributed by atoms with Gasteiger partial charge in [-0.15, -0.1) is 0 Å². The van der Waals surface area contributed by atoms with Crippen LogP contribution >= 0.6 is 11.8 Å². The first-order chi connectivity index (χ1) is 18.1. The number of nitrogens with one attached hydrogen (secondary N) is 1. The van der Waals surface area contributed by atoms with Gasteiger partial charge in [0.2, 0.25) is 0 Å². The predicted octanol–water partition coefficient (Wildman–Crippen LogP) is 7.17. The third-order valence-electron chi connectivity index (χ3n) is 9.64. The number of rotatable bonds is 6. The number of hydrogen-bond donors (Lipinski definition) is 1. The Balaban J connectivity index is 1.31. The zero-order chi connectivity index (χ0) is 25.6. The lowest BCUT2D eigenvalue weighted by molar-refractivity contribution is -0.138. The summed E-state index contributed by atoms with van der Waals surface area (Å²) in [7, 11) is 0. The van der Waals surface area contributed by atoms with Crippen LogP contribution < -0.4 is 10.2 Å². The summed E-state index contributed by atoms with van der Waals surface area (Å²) in [6, 6.07) is 8.00. The first-order valence-corrected chi connectivity index (χ1v) is 16.2. The second-order valence-electron chi connectivity index (χ2n) is 12.3. The number of benzene rings is 1. The van der Waals surface area contributed by atoms with E-state index in [1.165, 1.54) is 94.8 Å². The third kappa shape index (κ3) is 6.86. The van der Waals surface area contributed by atoms with E-state index in [0.717, 1.165) is 31.6 Å². The maximum Gasteiger partial charge on any atom is 0.261 e. The first-order valence-electron chi connectivity index (χ1n) is 15.1. The molecule has 1 N–H and O–H groups in total. The molecule has 2 heterocycles. The SMILES string of the molecule is Cc1ccc(OCC(=O)N(CC2SCCC23CCCCCC3)C2CC3(CCCCCCCC3)ON2)cc1. The molecule has 1 aromatic rings. The van der Waals surface area contributed by atoms with Gasteiger partial charge in [0.15, 0.2) is 6.61 Å². The quantitative estimate of drug-likeness (QED) is 0.424. The molecule has 2 saturated heterocycles. The van der Waals surface area contributed by atoms with Crippen molar-refractivity contribution in [1.82, 2.24) is 10.4 Å². The molecule has 6 heteroatoms. The van der Waals surface area contributed by atoms with Crippen LogP contribution in [-0.2, 0) is 9.63 Å². The maximum atomic E-state index is 13.8. The van der Waals surface area contributed by atoms with Crippen molar-refractivity contribution in [2.45, 2.75) is 127 Å². The first kappa shape index (κ1) is 27.3. The summed E-state index contributed by atoms with van der Waals surface area (Å²) >= 11 is 2.11. The summed E-state index contributed by atoms with van der Waals surface area (Å²) in [4.78, 5) is 22.4. The van der Waals surface area contributed by atoms with Gasteiger partial charge in [-0.2, -0.15) is 17.2 Å². The Morgan fingerprint density at radius 1 is 0.946 bits per heavy atom. The number of thioether (sulfide) groups is 1. The highest BCUT2D eigenvalue weighted by molar-refractivity contribution is 8.00. The highest BCUT2D eigenvalue weighted by Crippen LogP contribution is 2.52. The van der Waals surface area contributed by atoms with Crippen LogP contribution in [0.15, 0.2) is 24.3 Å². The molecule has 1 amide bonds. The van der Waals surface area contributed by atoms with Crippen LogP contribution in [0.4, 0.5) is 0 Å². The van der Waals surface area contributed by atoms with Crippen molar-refractivity contribution in [3.8, 4) is 5.75 Å². The highest BCUT2D eigenvalue weighted by atomic mass is 32.2. The highest BCUT2D eigenvalue weighted by Gasteiger charge is 2.48. The summed E-state index contributed by atoms with van der Waals surface area (Å²) in [6.07, 6.45) is 20.1. The van der Waals surface area contributed by atoms with Crippen molar-refractivity contribution < 1.29 is 14.4 Å². The number of ether oxygens (including phenoxy) is 1. The van der Waals surface area contributed by atoms with Gasteiger partial charge >= 0.3 is 0 Å². The van der Waals surface area contributed by atoms with Gasteiger partial charge in [0.1, 0.15) is 11.9 Å². The molecule has 1 aromatic carbocycles. The minimum atomic E-state index is -0.131. The van der Waals surface area contributed by atoms with Crippen molar-refractivity contribution in [3.05, 3.63) is 29.8 Å². The fraction of sp³-hybridized carbons (Fsp3) is 0.774. The lowest BCUT2D eigenvalue weighted by atomic mass is 9.75. The molecule has 0 aromatic heterocycles. The number of hydroxylamine groups is 1. The van der Waals surface area contributed by atoms with E-state index >= 15 is 0 Å². The van der Waals surface area contributed by atoms with Crippen LogP contribution in [0.25, 0.3) is 0 Å². The largest absolute Gasteiger partial charge is 0.484 e. The topological polar surface area (TPSA) is 50.8 Å². The van der Waals surface area contributed by atoms with E-state index in [2.05, 4.69) is 29.1 Å². The molecule has 5 rings (SSSR count). The zero-order valence-electron chi connectivity index (χ0n) is 23.0. The Hall–Kier alpha value is -1.24. The molecule has 5 nitrogen and oxygen atoms in total. The molecule has 2 spiro atoms. The van der Waals surface area contributed by atoms with Gasteiger partial charge in [0, 0.05) is 18.2 Å². The van der Waals surface area contributed by atoms with E-state index in [-0.39, 0.29) is 24.3 Å². The standard InChI is InChI=1S/C31H48N2O3S/c1-25-12-14-26(15-13-25)35-24-29(34)33(23-27-30(20-21-37-27)16-8-6-7-9-17-30)28-22-31(36-32-28)18-10-4-2-3-5-11-19-31/h12-15,27-28,32H,2-11,16-24H2,1H3. The van der Waals surface area contributed by atoms with Crippen LogP contribution in [0, 0.1) is 12.3 Å². The van der Waals surface area contributed by atoms with E-state index < -0.39 is 0 Å². The molecule has 2 unspecified atom stereocenters. The average molecular weight is 529 g/mol. The molecule has 0 bridgehead atoms. The van der Waals surface area contributed by atoms with Gasteiger partial charge in [-0.1, -0.05) is 81.9 Å². The van der Waals surface area contributed by atoms with E-state index in [1.54, 1.807) is 0 Å². The molecule has 2 aliphatic heterocycles. The van der Waals surface area contributed by atoms with Gasteiger partial charge in [0.25, 0.3) is 5.91 Å². The van der Waals surface area contributed by atoms with Crippen molar-refractivity contribution in [2.24, 2.45) is 5.41 Å². The molecule has 2 atom stereocenters. The van der Waals surface area contributed by atoms with Crippen molar-refractivity contribution in [2.75, 3.05) is 18.9 Å². The van der Waals surface area contributed by atoms with Crippen molar-refractivity contribution in [1.29, 1.82) is 0 Å². The van der Waals surface area contributed by atoms with Crippen LogP contribution in [0.5, 0.6) is 5.75 Å². The number of aryl methyl sites for hydroxylation is 1. The Bertz CT molecular complexity index is 858. The molecule has 0 radical (unpaired) electrons. The molecule has 37 heavy (non-hydrogen) atoms. The number of amides is 1. The number of nitrogens with zero attached hydrogens (tertiary/aromatic N) is 1. The van der Waals surface area contributed by atoms with Crippen molar-refractivity contribution in [3.63, 3.8) is 0 Å². The van der Waals surface area contributed by atoms with Crippen LogP contribution in [0.1, 0.15) is 108 Å². The van der Waals surface area contributed by atoms with Crippen LogP contribution in [0.3, 0.4) is 0 Å². The van der Waals surface area contributed by atoms with E-state index in [9.17, 15) is 4.79 Å². The maximum absolute atomic E-state index is 13.8. The Morgan fingerprint density at radius 3 is 2.24 bits per heavy atom. The second-order valence-corrected chi connectivity index (χ2v) is 13.6. The minimum Gasteiger partial charge on any atom is -0.484 e. The van der Waals surface area contributed by atoms with E-state index in [0.29, 0.717) is 10.7 Å². The van der Waals surface area contributed by atoms with E-state index in [1.807, 2.05) is 24.3 Å². The zero-order valence-corrected chi connectivity index (χ0v) is 23.8. The Kier molecular flexibility index (Phi) is 9.41. The molecule has 2 aliphatic carbocycles. The van der Waals surface area contributed by atoms with Gasteiger partial charge in [0.05, 0.1) is 5.60 Å². The van der Waals surface area contributed by atoms with Crippen molar-refractivity contribution >= 4 is 17.7 Å². The lowest BCUT2D eigenvalue weighted by Gasteiger charge is -2.39. The molecular weight excluding hydrogens is 480 g/mol. The molecule has 4 fully saturated rings. The smallest absolute Gasteiger partial charge is 0.261 e. The summed E-state index contributed by atoms with van der Waals surface area (Å²) in [5, 5.41) is 0.507. The Labute approximate surface area is 228 Å². The molecular formula is C31H48N2O3S. The lowest BCUT2D eigenvalue weighted by Crippen LogP contribution is -2.52. The van der Waals surface area contributed by atoms with Crippen LogP contribution in [0.2, 0.25) is 0 Å². The van der Waals surface area contributed by atoms with Gasteiger partial charge in [-0.05, 0) is 62.3 Å². The predicted molar refractivity (Wildman–Crippen MR) is 152 cm³/mol. The monoisotopic (exact) mass is 528 g/mol. The molecule has 4 aliphatic rings. The summed E-state index contributed by atoms with van der Waals surface area (Å²) in [5.74, 6) is 2.07. The number of carbonyl (C=O) groups is 1. The number of carbonyl (C=O) groups excluding carboxylic acids is 1. The third-order valence-corrected chi connectivity index (χ3v) is 11.1. The van der Waals surface area contributed by atoms with Crippen LogP contribution in [-0.4, -0.2) is 46.7 Å². The second kappa shape index (κ2) is 12.7. The van der Waals surface area contributed by atoms with Gasteiger partial charge < -0.3 is 9.64 Å². The molecule has 2 saturated carbocycles. The average Bonchev–Trinajstić information content (AvgIpc) is 3.44. The summed E-state index contributed by atoms with van der Waals surface area (Å²) in [5.41, 5.74) is 4.85. The Morgan fingerprint density at radius 2 is 1.57 bits per heavy atom. The fourth-order valence-corrected chi connectivity index (χ4v) is 9.05. The van der Waals surface area contributed by atoms with Gasteiger partial charge in [-0.3, -0.25) is 9.63 Å². The fourth-order valence-electron chi connectivity index (χ4n) is 7.27. The minimum absolute atomic E-state index is 0.0705. The summed E-state index contributed by atoms with van der Waals surface area (Å²) in [6.45, 7) is 2.95. The summed E-state index contributed by atoms with van der Waals surface area (Å²) < 4.78 is 6.01. The molecule has 206 valence electrons. The normalized spacial score (nSPS) is 27.8.